The average molecular weight is 160 g/mol. The van der Waals surface area contributed by atoms with Crippen LogP contribution in [0.2, 0.25) is 0 Å². The van der Waals surface area contributed by atoms with Crippen molar-refractivity contribution in [3.63, 3.8) is 0 Å². The Labute approximate surface area is 62.6 Å². The molecule has 0 radical (unpaired) electrons. The van der Waals surface area contributed by atoms with Crippen LogP contribution < -0.4 is 0 Å². The van der Waals surface area contributed by atoms with Gasteiger partial charge in [0, 0.05) is 6.42 Å². The number of ether oxygens (including phenoxy) is 1. The highest BCUT2D eigenvalue weighted by molar-refractivity contribution is 5.77. The molecule has 0 bridgehead atoms. The van der Waals surface area contributed by atoms with Gasteiger partial charge in [-0.05, 0) is 0 Å². The van der Waals surface area contributed by atoms with E-state index in [9.17, 15) is 9.59 Å². The van der Waals surface area contributed by atoms with E-state index in [4.69, 9.17) is 10.2 Å². The van der Waals surface area contributed by atoms with Crippen molar-refractivity contribution >= 4 is 11.9 Å². The van der Waals surface area contributed by atoms with Crippen molar-refractivity contribution in [3.8, 4) is 0 Å². The Morgan fingerprint density at radius 3 is 2.73 bits per heavy atom. The number of cyclic esters (lactones) is 1. The topological polar surface area (TPSA) is 83.8 Å². The SMILES string of the molecule is O=C(O)CC1CC(O)C(=O)O1. The first-order valence-corrected chi connectivity index (χ1v) is 3.20. The first-order valence-electron chi connectivity index (χ1n) is 3.20. The van der Waals surface area contributed by atoms with Gasteiger partial charge < -0.3 is 14.9 Å². The Balaban J connectivity index is 2.41. The fraction of sp³-hybridized carbons (Fsp3) is 0.667. The predicted molar refractivity (Wildman–Crippen MR) is 32.8 cm³/mol. The van der Waals surface area contributed by atoms with Gasteiger partial charge in [0.15, 0.2) is 6.10 Å². The zero-order valence-corrected chi connectivity index (χ0v) is 5.69. The number of carboxylic acids is 1. The molecule has 5 nitrogen and oxygen atoms in total. The summed E-state index contributed by atoms with van der Waals surface area (Å²) in [4.78, 5) is 20.6. The summed E-state index contributed by atoms with van der Waals surface area (Å²) in [6.45, 7) is 0. The Kier molecular flexibility index (Phi) is 2.09. The molecule has 1 heterocycles. The lowest BCUT2D eigenvalue weighted by atomic mass is 10.1. The minimum atomic E-state index is -1.14. The lowest BCUT2D eigenvalue weighted by Gasteiger charge is -2.02. The Bertz CT molecular complexity index is 185. The van der Waals surface area contributed by atoms with Gasteiger partial charge in [0.25, 0.3) is 0 Å². The molecule has 62 valence electrons. The third-order valence-corrected chi connectivity index (χ3v) is 1.44. The van der Waals surface area contributed by atoms with E-state index < -0.39 is 24.1 Å². The van der Waals surface area contributed by atoms with E-state index in [-0.39, 0.29) is 12.8 Å². The summed E-state index contributed by atoms with van der Waals surface area (Å²) in [6, 6.07) is 0. The number of aliphatic hydroxyl groups excluding tert-OH is 1. The molecule has 5 heteroatoms. The maximum absolute atomic E-state index is 10.5. The molecule has 1 aliphatic heterocycles. The van der Waals surface area contributed by atoms with Crippen molar-refractivity contribution in [1.82, 2.24) is 0 Å². The third-order valence-electron chi connectivity index (χ3n) is 1.44. The fourth-order valence-corrected chi connectivity index (χ4v) is 0.956. The number of aliphatic carboxylic acids is 1. The molecule has 1 aliphatic rings. The molecule has 1 rings (SSSR count). The molecule has 0 saturated carbocycles. The van der Waals surface area contributed by atoms with Crippen molar-refractivity contribution in [1.29, 1.82) is 0 Å². The van der Waals surface area contributed by atoms with Gasteiger partial charge in [-0.25, -0.2) is 4.79 Å². The maximum atomic E-state index is 10.5. The third kappa shape index (κ3) is 1.91. The number of carbonyl (C=O) groups excluding carboxylic acids is 1. The molecule has 0 amide bonds. The highest BCUT2D eigenvalue weighted by Gasteiger charge is 2.33. The standard InChI is InChI=1S/C6H8O5/c7-4-1-3(2-5(8)9)11-6(4)10/h3-4,7H,1-2H2,(H,8,9). The molecule has 1 saturated heterocycles. The van der Waals surface area contributed by atoms with Crippen LogP contribution in [0.4, 0.5) is 0 Å². The Hall–Kier alpha value is -1.10. The summed E-state index contributed by atoms with van der Waals surface area (Å²) in [5.41, 5.74) is 0. The predicted octanol–water partition coefficient (Wildman–Crippen LogP) is -0.863. The number of hydrogen-bond acceptors (Lipinski definition) is 4. The van der Waals surface area contributed by atoms with E-state index in [0.29, 0.717) is 0 Å². The van der Waals surface area contributed by atoms with E-state index in [1.807, 2.05) is 0 Å². The van der Waals surface area contributed by atoms with Gasteiger partial charge in [0.05, 0.1) is 6.42 Å². The minimum absolute atomic E-state index is 0.0884. The van der Waals surface area contributed by atoms with Crippen LogP contribution in [-0.4, -0.2) is 34.4 Å². The first kappa shape index (κ1) is 8.00. The lowest BCUT2D eigenvalue weighted by Crippen LogP contribution is -2.12. The number of aliphatic hydroxyl groups is 1. The monoisotopic (exact) mass is 160 g/mol. The molecule has 0 aromatic carbocycles. The Morgan fingerprint density at radius 1 is 1.73 bits per heavy atom. The average Bonchev–Trinajstić information content (AvgIpc) is 2.10. The number of carbonyl (C=O) groups is 2. The largest absolute Gasteiger partial charge is 0.481 e. The molecular weight excluding hydrogens is 152 g/mol. The molecule has 2 N–H and O–H groups in total. The summed E-state index contributed by atoms with van der Waals surface area (Å²) in [5.74, 6) is -1.76. The van der Waals surface area contributed by atoms with Gasteiger partial charge in [-0.1, -0.05) is 0 Å². The highest BCUT2D eigenvalue weighted by Crippen LogP contribution is 2.17. The van der Waals surface area contributed by atoms with Gasteiger partial charge in [-0.15, -0.1) is 0 Å². The second-order valence-corrected chi connectivity index (χ2v) is 2.41. The van der Waals surface area contributed by atoms with E-state index in [0.717, 1.165) is 0 Å². The van der Waals surface area contributed by atoms with E-state index >= 15 is 0 Å². The van der Waals surface area contributed by atoms with Gasteiger partial charge in [0.2, 0.25) is 0 Å². The van der Waals surface area contributed by atoms with Crippen molar-refractivity contribution in [3.05, 3.63) is 0 Å². The minimum Gasteiger partial charge on any atom is -0.481 e. The number of hydrogen-bond donors (Lipinski definition) is 2. The number of rotatable bonds is 2. The van der Waals surface area contributed by atoms with E-state index in [1.54, 1.807) is 0 Å². The van der Waals surface area contributed by atoms with Crippen LogP contribution in [0.5, 0.6) is 0 Å². The molecule has 2 atom stereocenters. The van der Waals surface area contributed by atoms with Crippen LogP contribution in [0.15, 0.2) is 0 Å². The van der Waals surface area contributed by atoms with Crippen LogP contribution in [0.3, 0.4) is 0 Å². The molecule has 1 fully saturated rings. The smallest absolute Gasteiger partial charge is 0.335 e. The molecule has 11 heavy (non-hydrogen) atoms. The molecule has 0 aromatic rings. The van der Waals surface area contributed by atoms with Crippen LogP contribution in [0.25, 0.3) is 0 Å². The van der Waals surface area contributed by atoms with Gasteiger partial charge >= 0.3 is 11.9 Å². The first-order chi connectivity index (χ1) is 5.09. The zero-order valence-electron chi connectivity index (χ0n) is 5.69. The van der Waals surface area contributed by atoms with Gasteiger partial charge in [-0.2, -0.15) is 0 Å². The van der Waals surface area contributed by atoms with E-state index in [2.05, 4.69) is 4.74 Å². The Morgan fingerprint density at radius 2 is 2.36 bits per heavy atom. The molecule has 2 unspecified atom stereocenters. The summed E-state index contributed by atoms with van der Waals surface area (Å²) >= 11 is 0. The van der Waals surface area contributed by atoms with Gasteiger partial charge in [-0.3, -0.25) is 4.79 Å². The number of carboxylic acid groups (broad SMARTS) is 1. The van der Waals surface area contributed by atoms with Gasteiger partial charge in [0.1, 0.15) is 6.10 Å². The van der Waals surface area contributed by atoms with Crippen molar-refractivity contribution in [2.75, 3.05) is 0 Å². The lowest BCUT2D eigenvalue weighted by molar-refractivity contribution is -0.149. The maximum Gasteiger partial charge on any atom is 0.335 e. The fourth-order valence-electron chi connectivity index (χ4n) is 0.956. The van der Waals surface area contributed by atoms with Crippen molar-refractivity contribution in [2.45, 2.75) is 25.0 Å². The summed E-state index contributed by atoms with van der Waals surface area (Å²) in [6.07, 6.45) is -1.94. The second kappa shape index (κ2) is 2.87. The molecule has 0 aromatic heterocycles. The van der Waals surface area contributed by atoms with Crippen LogP contribution >= 0.6 is 0 Å². The number of esters is 1. The van der Waals surface area contributed by atoms with Crippen LogP contribution in [0, 0.1) is 0 Å². The van der Waals surface area contributed by atoms with Crippen molar-refractivity contribution in [2.24, 2.45) is 0 Å². The zero-order chi connectivity index (χ0) is 8.43. The highest BCUT2D eigenvalue weighted by atomic mass is 16.6. The van der Waals surface area contributed by atoms with Crippen LogP contribution in [-0.2, 0) is 14.3 Å². The summed E-state index contributed by atoms with van der Waals surface area (Å²) in [5, 5.41) is 17.1. The van der Waals surface area contributed by atoms with E-state index in [1.165, 1.54) is 0 Å². The normalized spacial score (nSPS) is 30.1. The molecule has 0 aliphatic carbocycles. The molecular formula is C6H8O5. The second-order valence-electron chi connectivity index (χ2n) is 2.41. The van der Waals surface area contributed by atoms with Crippen molar-refractivity contribution < 1.29 is 24.5 Å². The molecule has 0 spiro atoms. The summed E-state index contributed by atoms with van der Waals surface area (Å²) in [7, 11) is 0. The summed E-state index contributed by atoms with van der Waals surface area (Å²) < 4.78 is 4.51. The quantitative estimate of drug-likeness (QED) is 0.513. The van der Waals surface area contributed by atoms with Crippen LogP contribution in [0.1, 0.15) is 12.8 Å².